The monoisotopic (exact) mass is 286 g/mol. The normalized spacial score (nSPS) is 11.0. The van der Waals surface area contributed by atoms with Gasteiger partial charge >= 0.3 is 0 Å². The first-order valence-electron chi connectivity index (χ1n) is 6.01. The number of nitrogens with zero attached hydrogens (tertiary/aromatic N) is 1. The van der Waals surface area contributed by atoms with Gasteiger partial charge in [-0.2, -0.15) is 5.26 Å². The third-order valence-corrected chi connectivity index (χ3v) is 4.72. The van der Waals surface area contributed by atoms with Gasteiger partial charge in [-0.15, -0.1) is 0 Å². The van der Waals surface area contributed by atoms with Gasteiger partial charge in [0.2, 0.25) is 0 Å². The molecule has 4 nitrogen and oxygen atoms in total. The lowest BCUT2D eigenvalue weighted by Gasteiger charge is -2.09. The predicted octanol–water partition coefficient (Wildman–Crippen LogP) is 2.42. The summed E-state index contributed by atoms with van der Waals surface area (Å²) in [5.74, 6) is -0.232. The number of hydrogen-bond acceptors (Lipinski definition) is 4. The van der Waals surface area contributed by atoms with E-state index in [4.69, 9.17) is 11.0 Å². The molecule has 0 saturated heterocycles. The Bertz CT molecular complexity index is 790. The Kier molecular flexibility index (Phi) is 3.77. The zero-order valence-corrected chi connectivity index (χ0v) is 11.8. The van der Waals surface area contributed by atoms with Gasteiger partial charge in [0.25, 0.3) is 0 Å². The topological polar surface area (TPSA) is 84.0 Å². The quantitative estimate of drug-likeness (QED) is 0.878. The number of nitrogens with two attached hydrogens (primary N) is 1. The van der Waals surface area contributed by atoms with Gasteiger partial charge in [-0.3, -0.25) is 0 Å². The van der Waals surface area contributed by atoms with Gasteiger partial charge in [0, 0.05) is 0 Å². The standard InChI is InChI=1S/C15H14N2O2S/c1-11-6-7-15(14(17)8-11)20(18,19)10-13-5-3-2-4-12(13)9-16/h2-8H,10,17H2,1H3. The van der Waals surface area contributed by atoms with E-state index in [-0.39, 0.29) is 16.3 Å². The zero-order chi connectivity index (χ0) is 14.8. The number of benzene rings is 2. The van der Waals surface area contributed by atoms with Crippen molar-refractivity contribution in [1.82, 2.24) is 0 Å². The molecule has 0 aromatic heterocycles. The Morgan fingerprint density at radius 3 is 2.55 bits per heavy atom. The first-order chi connectivity index (χ1) is 9.44. The third kappa shape index (κ3) is 2.81. The molecule has 0 heterocycles. The second kappa shape index (κ2) is 5.35. The minimum atomic E-state index is -3.57. The smallest absolute Gasteiger partial charge is 0.184 e. The number of rotatable bonds is 3. The summed E-state index contributed by atoms with van der Waals surface area (Å²) in [6.45, 7) is 1.84. The van der Waals surface area contributed by atoms with Crippen molar-refractivity contribution >= 4 is 15.5 Å². The maximum Gasteiger partial charge on any atom is 0.184 e. The van der Waals surface area contributed by atoms with Crippen molar-refractivity contribution in [1.29, 1.82) is 5.26 Å². The third-order valence-electron chi connectivity index (χ3n) is 2.98. The van der Waals surface area contributed by atoms with Crippen LogP contribution in [0.3, 0.4) is 0 Å². The molecule has 2 N–H and O–H groups in total. The van der Waals surface area contributed by atoms with Crippen LogP contribution >= 0.6 is 0 Å². The van der Waals surface area contributed by atoms with Gasteiger partial charge in [-0.1, -0.05) is 24.3 Å². The van der Waals surface area contributed by atoms with Crippen LogP contribution in [0, 0.1) is 18.3 Å². The van der Waals surface area contributed by atoms with Crippen LogP contribution in [0.1, 0.15) is 16.7 Å². The van der Waals surface area contributed by atoms with Crippen molar-refractivity contribution in [3.8, 4) is 6.07 Å². The lowest BCUT2D eigenvalue weighted by Crippen LogP contribution is -2.09. The molecule has 0 fully saturated rings. The fourth-order valence-corrected chi connectivity index (χ4v) is 3.50. The second-order valence-electron chi connectivity index (χ2n) is 4.57. The van der Waals surface area contributed by atoms with E-state index in [9.17, 15) is 8.42 Å². The van der Waals surface area contributed by atoms with Crippen LogP contribution in [0.4, 0.5) is 5.69 Å². The number of hydrogen-bond donors (Lipinski definition) is 1. The maximum atomic E-state index is 12.4. The highest BCUT2D eigenvalue weighted by molar-refractivity contribution is 7.90. The highest BCUT2D eigenvalue weighted by Gasteiger charge is 2.19. The fourth-order valence-electron chi connectivity index (χ4n) is 1.99. The molecule has 2 rings (SSSR count). The summed E-state index contributed by atoms with van der Waals surface area (Å²) in [6.07, 6.45) is 0. The fraction of sp³-hybridized carbons (Fsp3) is 0.133. The molecule has 0 bridgehead atoms. The van der Waals surface area contributed by atoms with Crippen LogP contribution in [0.2, 0.25) is 0 Å². The van der Waals surface area contributed by atoms with Crippen molar-refractivity contribution in [2.45, 2.75) is 17.6 Å². The van der Waals surface area contributed by atoms with Crippen LogP contribution in [-0.2, 0) is 15.6 Å². The highest BCUT2D eigenvalue weighted by atomic mass is 32.2. The number of sulfone groups is 1. The van der Waals surface area contributed by atoms with Crippen molar-refractivity contribution in [2.24, 2.45) is 0 Å². The Hall–Kier alpha value is -2.32. The van der Waals surface area contributed by atoms with Crippen LogP contribution in [0.5, 0.6) is 0 Å². The number of anilines is 1. The van der Waals surface area contributed by atoms with E-state index >= 15 is 0 Å². The molecular formula is C15H14N2O2S. The number of nitrogen functional groups attached to an aromatic ring is 1. The SMILES string of the molecule is Cc1ccc(S(=O)(=O)Cc2ccccc2C#N)c(N)c1. The molecule has 0 unspecified atom stereocenters. The molecule has 2 aromatic carbocycles. The minimum Gasteiger partial charge on any atom is -0.398 e. The second-order valence-corrected chi connectivity index (χ2v) is 6.53. The number of nitriles is 1. The summed E-state index contributed by atoms with van der Waals surface area (Å²) in [7, 11) is -3.57. The van der Waals surface area contributed by atoms with Gasteiger partial charge in [-0.05, 0) is 36.2 Å². The van der Waals surface area contributed by atoms with Gasteiger partial charge in [0.1, 0.15) is 0 Å². The van der Waals surface area contributed by atoms with E-state index in [1.807, 2.05) is 13.0 Å². The van der Waals surface area contributed by atoms with Gasteiger partial charge in [-0.25, -0.2) is 8.42 Å². The molecule has 20 heavy (non-hydrogen) atoms. The number of aryl methyl sites for hydroxylation is 1. The summed E-state index contributed by atoms with van der Waals surface area (Å²) in [5.41, 5.74) is 7.77. The van der Waals surface area contributed by atoms with Crippen LogP contribution in [0.25, 0.3) is 0 Å². The van der Waals surface area contributed by atoms with Crippen molar-refractivity contribution in [3.63, 3.8) is 0 Å². The maximum absolute atomic E-state index is 12.4. The lowest BCUT2D eigenvalue weighted by molar-refractivity contribution is 0.595. The van der Waals surface area contributed by atoms with E-state index in [0.29, 0.717) is 11.1 Å². The molecule has 5 heteroatoms. The lowest BCUT2D eigenvalue weighted by atomic mass is 10.1. The van der Waals surface area contributed by atoms with E-state index in [0.717, 1.165) is 5.56 Å². The van der Waals surface area contributed by atoms with E-state index < -0.39 is 9.84 Å². The Balaban J connectivity index is 2.44. The minimum absolute atomic E-state index is 0.107. The zero-order valence-electron chi connectivity index (χ0n) is 11.0. The van der Waals surface area contributed by atoms with Crippen molar-refractivity contribution < 1.29 is 8.42 Å². The molecule has 0 aliphatic heterocycles. The van der Waals surface area contributed by atoms with Crippen molar-refractivity contribution in [3.05, 3.63) is 59.2 Å². The summed E-state index contributed by atoms with van der Waals surface area (Å²) in [6, 6.07) is 13.5. The molecule has 0 aliphatic rings. The summed E-state index contributed by atoms with van der Waals surface area (Å²) in [4.78, 5) is 0.107. The van der Waals surface area contributed by atoms with Crippen LogP contribution in [-0.4, -0.2) is 8.42 Å². The van der Waals surface area contributed by atoms with Crippen molar-refractivity contribution in [2.75, 3.05) is 5.73 Å². The van der Waals surface area contributed by atoms with Gasteiger partial charge in [0.15, 0.2) is 9.84 Å². The molecule has 2 aromatic rings. The average molecular weight is 286 g/mol. The molecule has 102 valence electrons. The Labute approximate surface area is 118 Å². The first-order valence-corrected chi connectivity index (χ1v) is 7.66. The van der Waals surface area contributed by atoms with E-state index in [2.05, 4.69) is 0 Å². The molecular weight excluding hydrogens is 272 g/mol. The van der Waals surface area contributed by atoms with E-state index in [1.54, 1.807) is 36.4 Å². The predicted molar refractivity (Wildman–Crippen MR) is 77.6 cm³/mol. The molecule has 0 amide bonds. The molecule has 0 aliphatic carbocycles. The Morgan fingerprint density at radius 1 is 1.20 bits per heavy atom. The molecule has 0 radical (unpaired) electrons. The Morgan fingerprint density at radius 2 is 1.90 bits per heavy atom. The summed E-state index contributed by atoms with van der Waals surface area (Å²) < 4.78 is 24.8. The summed E-state index contributed by atoms with van der Waals surface area (Å²) in [5, 5.41) is 9.01. The molecule has 0 saturated carbocycles. The average Bonchev–Trinajstić information content (AvgIpc) is 2.38. The van der Waals surface area contributed by atoms with Gasteiger partial charge in [0.05, 0.1) is 28.0 Å². The van der Waals surface area contributed by atoms with E-state index in [1.165, 1.54) is 6.07 Å². The molecule has 0 spiro atoms. The largest absolute Gasteiger partial charge is 0.398 e. The highest BCUT2D eigenvalue weighted by Crippen LogP contribution is 2.24. The van der Waals surface area contributed by atoms with Crippen LogP contribution < -0.4 is 5.73 Å². The summed E-state index contributed by atoms with van der Waals surface area (Å²) >= 11 is 0. The first kappa shape index (κ1) is 14.1. The van der Waals surface area contributed by atoms with Crippen LogP contribution in [0.15, 0.2) is 47.4 Å². The molecule has 0 atom stereocenters. The van der Waals surface area contributed by atoms with Gasteiger partial charge < -0.3 is 5.73 Å².